The van der Waals surface area contributed by atoms with Crippen LogP contribution in [0, 0.1) is 5.92 Å². The fourth-order valence-corrected chi connectivity index (χ4v) is 2.83. The van der Waals surface area contributed by atoms with Crippen molar-refractivity contribution in [2.45, 2.75) is 5.92 Å². The van der Waals surface area contributed by atoms with Crippen molar-refractivity contribution >= 4 is 5.97 Å². The van der Waals surface area contributed by atoms with Crippen molar-refractivity contribution in [1.82, 2.24) is 4.90 Å². The highest BCUT2D eigenvalue weighted by Crippen LogP contribution is 2.32. The Labute approximate surface area is 131 Å². The minimum Gasteiger partial charge on any atom is -0.481 e. The molecule has 22 heavy (non-hydrogen) atoms. The van der Waals surface area contributed by atoms with E-state index in [2.05, 4.69) is 4.90 Å². The van der Waals surface area contributed by atoms with E-state index >= 15 is 0 Å². The van der Waals surface area contributed by atoms with Gasteiger partial charge in [-0.2, -0.15) is 0 Å². The van der Waals surface area contributed by atoms with Crippen LogP contribution in [0.25, 0.3) is 0 Å². The molecule has 1 fully saturated rings. The van der Waals surface area contributed by atoms with E-state index in [1.165, 1.54) is 0 Å². The predicted octanol–water partition coefficient (Wildman–Crippen LogP) is 2.56. The van der Waals surface area contributed by atoms with E-state index in [0.717, 1.165) is 18.7 Å². The van der Waals surface area contributed by atoms with E-state index in [1.54, 1.807) is 7.11 Å². The molecule has 1 aliphatic heterocycles. The molecular formula is C18H23NO3. The molecule has 0 aliphatic carbocycles. The number of hydrogen-bond donors (Lipinski definition) is 1. The molecule has 1 heterocycles. The van der Waals surface area contributed by atoms with Gasteiger partial charge in [0.15, 0.2) is 0 Å². The van der Waals surface area contributed by atoms with E-state index < -0.39 is 5.97 Å². The summed E-state index contributed by atoms with van der Waals surface area (Å²) in [4.78, 5) is 13.8. The predicted molar refractivity (Wildman–Crippen MR) is 86.3 cm³/mol. The molecule has 0 radical (unpaired) electrons. The summed E-state index contributed by atoms with van der Waals surface area (Å²) in [5.74, 6) is -1.09. The first kappa shape index (κ1) is 16.5. The number of likely N-dealkylation sites (tertiary alicyclic amines) is 1. The van der Waals surface area contributed by atoms with Gasteiger partial charge in [-0.05, 0) is 5.56 Å². The van der Waals surface area contributed by atoms with Crippen LogP contribution in [-0.4, -0.2) is 49.3 Å². The minimum absolute atomic E-state index is 0.00654. The topological polar surface area (TPSA) is 49.8 Å². The average Bonchev–Trinajstić information content (AvgIpc) is 2.95. The minimum atomic E-state index is -0.726. The molecule has 0 aromatic heterocycles. The van der Waals surface area contributed by atoms with Gasteiger partial charge in [0, 0.05) is 32.7 Å². The number of carboxylic acids is 1. The van der Waals surface area contributed by atoms with Gasteiger partial charge in [-0.15, -0.1) is 0 Å². The number of carboxylic acid groups (broad SMARTS) is 1. The molecule has 0 spiro atoms. The van der Waals surface area contributed by atoms with Gasteiger partial charge in [0.2, 0.25) is 0 Å². The number of methoxy groups -OCH3 is 1. The van der Waals surface area contributed by atoms with E-state index in [9.17, 15) is 9.90 Å². The Morgan fingerprint density at radius 3 is 2.27 bits per heavy atom. The fourth-order valence-electron chi connectivity index (χ4n) is 2.83. The lowest BCUT2D eigenvalue weighted by Gasteiger charge is -2.15. The van der Waals surface area contributed by atoms with Crippen LogP contribution in [0.2, 0.25) is 0 Å². The zero-order chi connectivity index (χ0) is 15.8. The van der Waals surface area contributed by atoms with Crippen molar-refractivity contribution < 1.29 is 14.6 Å². The summed E-state index contributed by atoms with van der Waals surface area (Å²) in [5.41, 5.74) is 1.06. The van der Waals surface area contributed by atoms with E-state index in [0.29, 0.717) is 13.2 Å². The molecule has 0 saturated carbocycles. The van der Waals surface area contributed by atoms with Crippen LogP contribution in [0.1, 0.15) is 11.5 Å². The smallest absolute Gasteiger partial charge is 0.308 e. The first-order chi connectivity index (χ1) is 10.7. The van der Waals surface area contributed by atoms with Crippen LogP contribution in [0.4, 0.5) is 0 Å². The molecule has 2 unspecified atom stereocenters. The molecule has 1 aliphatic rings. The maximum absolute atomic E-state index is 11.6. The largest absolute Gasteiger partial charge is 0.481 e. The van der Waals surface area contributed by atoms with Gasteiger partial charge in [0.05, 0.1) is 12.5 Å². The normalized spacial score (nSPS) is 21.3. The summed E-state index contributed by atoms with van der Waals surface area (Å²) in [6, 6.07) is 17.7. The van der Waals surface area contributed by atoms with Gasteiger partial charge >= 0.3 is 5.97 Å². The Morgan fingerprint density at radius 1 is 1.14 bits per heavy atom. The van der Waals surface area contributed by atoms with Crippen LogP contribution in [-0.2, 0) is 9.53 Å². The van der Waals surface area contributed by atoms with Gasteiger partial charge in [-0.25, -0.2) is 0 Å². The van der Waals surface area contributed by atoms with Gasteiger partial charge in [0.25, 0.3) is 0 Å². The lowest BCUT2D eigenvalue weighted by Crippen LogP contribution is -2.26. The molecule has 1 saturated heterocycles. The number of ether oxygens (including phenoxy) is 1. The average molecular weight is 301 g/mol. The summed E-state index contributed by atoms with van der Waals surface area (Å²) in [6.45, 7) is 2.73. The second-order valence-corrected chi connectivity index (χ2v) is 5.48. The number of hydrogen-bond acceptors (Lipinski definition) is 3. The first-order valence-corrected chi connectivity index (χ1v) is 7.54. The second-order valence-electron chi connectivity index (χ2n) is 5.48. The highest BCUT2D eigenvalue weighted by molar-refractivity contribution is 5.72. The third-order valence-electron chi connectivity index (χ3n) is 4.00. The molecule has 118 valence electrons. The van der Waals surface area contributed by atoms with Crippen molar-refractivity contribution in [1.29, 1.82) is 0 Å². The molecule has 1 aromatic rings. The second kappa shape index (κ2) is 8.51. The van der Waals surface area contributed by atoms with Crippen LogP contribution < -0.4 is 0 Å². The van der Waals surface area contributed by atoms with Gasteiger partial charge < -0.3 is 9.84 Å². The molecule has 2 rings (SSSR count). The van der Waals surface area contributed by atoms with E-state index in [4.69, 9.17) is 4.74 Å². The Bertz CT molecular complexity index is 521. The third-order valence-corrected chi connectivity index (χ3v) is 4.00. The van der Waals surface area contributed by atoms with Crippen LogP contribution in [0.3, 0.4) is 0 Å². The number of carbonyl (C=O) groups is 1. The van der Waals surface area contributed by atoms with Crippen molar-refractivity contribution in [2.75, 3.05) is 33.4 Å². The van der Waals surface area contributed by atoms with Crippen molar-refractivity contribution in [3.63, 3.8) is 0 Å². The number of aliphatic carboxylic acids is 1. The number of rotatable bonds is 5. The van der Waals surface area contributed by atoms with Gasteiger partial charge in [-0.1, -0.05) is 54.6 Å². The summed E-state index contributed by atoms with van der Waals surface area (Å²) < 4.78 is 5.10. The van der Waals surface area contributed by atoms with E-state index in [1.807, 2.05) is 54.6 Å². The van der Waals surface area contributed by atoms with E-state index in [-0.39, 0.29) is 11.8 Å². The molecule has 0 amide bonds. The summed E-state index contributed by atoms with van der Waals surface area (Å²) >= 11 is 0. The Morgan fingerprint density at radius 2 is 1.73 bits per heavy atom. The zero-order valence-corrected chi connectivity index (χ0v) is 12.9. The van der Waals surface area contributed by atoms with Crippen molar-refractivity contribution in [2.24, 2.45) is 5.92 Å². The summed E-state index contributed by atoms with van der Waals surface area (Å²) in [7, 11) is 1.67. The van der Waals surface area contributed by atoms with Crippen molar-refractivity contribution in [3.8, 4) is 0 Å². The third kappa shape index (κ3) is 4.55. The molecule has 4 heteroatoms. The molecule has 0 bridgehead atoms. The maximum atomic E-state index is 11.6. The quantitative estimate of drug-likeness (QED) is 0.908. The molecular weight excluding hydrogens is 278 g/mol. The van der Waals surface area contributed by atoms with Gasteiger partial charge in [0.1, 0.15) is 0 Å². The summed E-state index contributed by atoms with van der Waals surface area (Å²) in [5, 5.41) is 9.53. The summed E-state index contributed by atoms with van der Waals surface area (Å²) in [6.07, 6.45) is 0. The fraction of sp³-hybridized carbons (Fsp3) is 0.389. The standard InChI is InChI=1S/C18H23NO3/c1-22-12-11-19-13-16(17(14-19)18(20)21)15-9-7-5-3-2-4-6-8-10-15/h2-10,16-17H,11-14H2,1H3,(H,20,21). The molecule has 1 aromatic carbocycles. The molecule has 2 atom stereocenters. The van der Waals surface area contributed by atoms with Crippen LogP contribution in [0.15, 0.2) is 54.6 Å². The highest BCUT2D eigenvalue weighted by atomic mass is 16.5. The lowest BCUT2D eigenvalue weighted by atomic mass is 9.90. The Kier molecular flexibility index (Phi) is 6.37. The molecule has 4 nitrogen and oxygen atoms in total. The maximum Gasteiger partial charge on any atom is 0.308 e. The first-order valence-electron chi connectivity index (χ1n) is 7.54. The molecule has 1 N–H and O–H groups in total. The monoisotopic (exact) mass is 301 g/mol. The van der Waals surface area contributed by atoms with Crippen LogP contribution in [0.5, 0.6) is 0 Å². The lowest BCUT2D eigenvalue weighted by molar-refractivity contribution is -0.141. The number of nitrogens with zero attached hydrogens (tertiary/aromatic N) is 1. The Balaban J connectivity index is 2.26. The zero-order valence-electron chi connectivity index (χ0n) is 12.9. The van der Waals surface area contributed by atoms with Crippen LogP contribution >= 0.6 is 0 Å². The van der Waals surface area contributed by atoms with Crippen molar-refractivity contribution in [3.05, 3.63) is 60.2 Å². The highest BCUT2D eigenvalue weighted by Gasteiger charge is 2.37. The van der Waals surface area contributed by atoms with Gasteiger partial charge in [-0.3, -0.25) is 9.69 Å². The SMILES string of the molecule is COCCN1CC(C(=O)O)C(c2ccccccccc2)C1. The Hall–Kier alpha value is -1.91.